The normalized spacial score (nSPS) is 13.3. The van der Waals surface area contributed by atoms with Crippen LogP contribution in [0.2, 0.25) is 0 Å². The number of unbranched alkanes of at least 4 members (excludes halogenated alkanes) is 11. The molecule has 0 aliphatic heterocycles. The molecular weight excluding hydrogens is 420 g/mol. The van der Waals surface area contributed by atoms with E-state index < -0.39 is 5.97 Å². The topological polar surface area (TPSA) is 57.5 Å². The number of hydrogen-bond acceptors (Lipinski definition) is 2. The van der Waals surface area contributed by atoms with Crippen LogP contribution in [0.25, 0.3) is 0 Å². The Hall–Kier alpha value is -1.51. The molecule has 0 saturated carbocycles. The lowest BCUT2D eigenvalue weighted by Crippen LogP contribution is -2.20. The Balaban J connectivity index is 2.56. The molecule has 0 spiro atoms. The highest BCUT2D eigenvalue weighted by Crippen LogP contribution is 2.40. The number of aliphatic carboxylic acids is 1. The molecule has 34 heavy (non-hydrogen) atoms. The second-order valence-corrected chi connectivity index (χ2v) is 12.5. The van der Waals surface area contributed by atoms with E-state index in [1.807, 2.05) is 12.1 Å². The van der Waals surface area contributed by atoms with Gasteiger partial charge in [-0.15, -0.1) is 0 Å². The summed E-state index contributed by atoms with van der Waals surface area (Å²) >= 11 is 0. The van der Waals surface area contributed by atoms with E-state index in [0.29, 0.717) is 12.2 Å². The lowest BCUT2D eigenvalue weighted by molar-refractivity contribution is -0.142. The molecule has 2 N–H and O–H groups in total. The summed E-state index contributed by atoms with van der Waals surface area (Å²) in [5.41, 5.74) is 2.44. The fourth-order valence-corrected chi connectivity index (χ4v) is 4.78. The van der Waals surface area contributed by atoms with Crippen LogP contribution >= 0.6 is 0 Å². The van der Waals surface area contributed by atoms with E-state index in [0.717, 1.165) is 36.0 Å². The maximum atomic E-state index is 12.0. The monoisotopic (exact) mass is 474 g/mol. The highest BCUT2D eigenvalue weighted by atomic mass is 16.4. The molecular formula is C31H54O3. The van der Waals surface area contributed by atoms with Gasteiger partial charge in [0, 0.05) is 0 Å². The molecule has 3 nitrogen and oxygen atoms in total. The van der Waals surface area contributed by atoms with Gasteiger partial charge in [-0.2, -0.15) is 0 Å². The van der Waals surface area contributed by atoms with E-state index in [-0.39, 0.29) is 16.7 Å². The maximum Gasteiger partial charge on any atom is 0.306 e. The standard InChI is InChI=1S/C31H54O3/c1-8-9-10-11-12-13-14-15-16-17-18-19-20-25(29(33)34)21-24-22-26(30(2,3)4)28(32)27(23-24)31(5,6)7/h22-23,25,32H,8-21H2,1-7H3,(H,33,34). The second-order valence-electron chi connectivity index (χ2n) is 12.5. The van der Waals surface area contributed by atoms with Crippen LogP contribution in [0.5, 0.6) is 5.75 Å². The number of phenolic OH excluding ortho intramolecular Hbond substituents is 1. The van der Waals surface area contributed by atoms with Crippen molar-refractivity contribution >= 4 is 5.97 Å². The molecule has 0 fully saturated rings. The summed E-state index contributed by atoms with van der Waals surface area (Å²) in [6.07, 6.45) is 16.7. The molecule has 0 bridgehead atoms. The molecule has 0 aliphatic rings. The van der Waals surface area contributed by atoms with Crippen LogP contribution in [-0.4, -0.2) is 16.2 Å². The summed E-state index contributed by atoms with van der Waals surface area (Å²) in [5.74, 6) is -0.712. The minimum absolute atomic E-state index is 0.200. The number of phenols is 1. The van der Waals surface area contributed by atoms with Gasteiger partial charge in [0.25, 0.3) is 0 Å². The lowest BCUT2D eigenvalue weighted by Gasteiger charge is -2.28. The molecule has 0 aliphatic carbocycles. The number of carbonyl (C=O) groups is 1. The first-order chi connectivity index (χ1) is 15.9. The summed E-state index contributed by atoms with van der Waals surface area (Å²) in [4.78, 5) is 12.0. The maximum absolute atomic E-state index is 12.0. The summed E-state index contributed by atoms with van der Waals surface area (Å²) in [7, 11) is 0. The van der Waals surface area contributed by atoms with E-state index in [1.165, 1.54) is 64.2 Å². The van der Waals surface area contributed by atoms with Crippen molar-refractivity contribution in [1.29, 1.82) is 0 Å². The van der Waals surface area contributed by atoms with Crippen molar-refractivity contribution in [3.8, 4) is 5.75 Å². The molecule has 0 aromatic heterocycles. The number of hydrogen-bond donors (Lipinski definition) is 2. The Kier molecular flexibility index (Phi) is 13.3. The predicted octanol–water partition coefficient (Wildman–Crippen LogP) is 9.32. The predicted molar refractivity (Wildman–Crippen MR) is 146 cm³/mol. The summed E-state index contributed by atoms with van der Waals surface area (Å²) in [6, 6.07) is 4.06. The van der Waals surface area contributed by atoms with E-state index >= 15 is 0 Å². The SMILES string of the molecule is CCCCCCCCCCCCCCC(Cc1cc(C(C)(C)C)c(O)c(C(C)(C)C)c1)C(=O)O. The molecule has 1 unspecified atom stereocenters. The quantitative estimate of drug-likeness (QED) is 0.235. The summed E-state index contributed by atoms with van der Waals surface area (Å²) in [5, 5.41) is 20.8. The molecule has 0 heterocycles. The molecule has 1 rings (SSSR count). The zero-order valence-electron chi connectivity index (χ0n) is 23.4. The van der Waals surface area contributed by atoms with Gasteiger partial charge in [0.1, 0.15) is 5.75 Å². The first-order valence-electron chi connectivity index (χ1n) is 14.0. The number of rotatable bonds is 16. The Bertz CT molecular complexity index is 686. The van der Waals surface area contributed by atoms with Gasteiger partial charge in [-0.1, -0.05) is 138 Å². The molecule has 1 aromatic carbocycles. The zero-order valence-corrected chi connectivity index (χ0v) is 23.4. The lowest BCUT2D eigenvalue weighted by atomic mass is 9.77. The van der Waals surface area contributed by atoms with Crippen molar-refractivity contribution < 1.29 is 15.0 Å². The van der Waals surface area contributed by atoms with Crippen molar-refractivity contribution in [2.24, 2.45) is 5.92 Å². The molecule has 0 amide bonds. The van der Waals surface area contributed by atoms with Crippen LogP contribution in [0.15, 0.2) is 12.1 Å². The van der Waals surface area contributed by atoms with E-state index in [4.69, 9.17) is 0 Å². The van der Waals surface area contributed by atoms with Gasteiger partial charge in [0.2, 0.25) is 0 Å². The van der Waals surface area contributed by atoms with Crippen molar-refractivity contribution in [2.45, 2.75) is 149 Å². The van der Waals surface area contributed by atoms with Gasteiger partial charge in [0.15, 0.2) is 0 Å². The Morgan fingerprint density at radius 3 is 1.47 bits per heavy atom. The molecule has 0 radical (unpaired) electrons. The smallest absolute Gasteiger partial charge is 0.306 e. The van der Waals surface area contributed by atoms with Gasteiger partial charge in [-0.3, -0.25) is 4.79 Å². The average molecular weight is 475 g/mol. The third-order valence-corrected chi connectivity index (χ3v) is 7.02. The van der Waals surface area contributed by atoms with Crippen LogP contribution in [0.4, 0.5) is 0 Å². The van der Waals surface area contributed by atoms with Crippen molar-refractivity contribution in [1.82, 2.24) is 0 Å². The molecule has 0 saturated heterocycles. The van der Waals surface area contributed by atoms with Crippen LogP contribution < -0.4 is 0 Å². The van der Waals surface area contributed by atoms with E-state index in [9.17, 15) is 15.0 Å². The minimum atomic E-state index is -0.703. The third kappa shape index (κ3) is 11.3. The van der Waals surface area contributed by atoms with Crippen molar-refractivity contribution in [3.63, 3.8) is 0 Å². The molecule has 1 aromatic rings. The summed E-state index contributed by atoms with van der Waals surface area (Å²) in [6.45, 7) is 14.8. The Labute approximate surface area is 210 Å². The molecule has 3 heteroatoms. The Morgan fingerprint density at radius 2 is 1.12 bits per heavy atom. The largest absolute Gasteiger partial charge is 0.507 e. The fourth-order valence-electron chi connectivity index (χ4n) is 4.78. The minimum Gasteiger partial charge on any atom is -0.507 e. The highest BCUT2D eigenvalue weighted by Gasteiger charge is 2.28. The van der Waals surface area contributed by atoms with Gasteiger partial charge in [-0.05, 0) is 40.4 Å². The first kappa shape index (κ1) is 30.5. The number of aromatic hydroxyl groups is 1. The fraction of sp³-hybridized carbons (Fsp3) is 0.774. The van der Waals surface area contributed by atoms with E-state index in [2.05, 4.69) is 48.5 Å². The molecule has 1 atom stereocenters. The second kappa shape index (κ2) is 14.8. The van der Waals surface area contributed by atoms with Gasteiger partial charge < -0.3 is 10.2 Å². The van der Waals surface area contributed by atoms with Crippen LogP contribution in [-0.2, 0) is 22.0 Å². The van der Waals surface area contributed by atoms with Crippen molar-refractivity contribution in [3.05, 3.63) is 28.8 Å². The third-order valence-electron chi connectivity index (χ3n) is 7.02. The highest BCUT2D eigenvalue weighted by molar-refractivity contribution is 5.70. The first-order valence-corrected chi connectivity index (χ1v) is 14.0. The van der Waals surface area contributed by atoms with Crippen molar-refractivity contribution in [2.75, 3.05) is 0 Å². The van der Waals surface area contributed by atoms with Crippen LogP contribution in [0, 0.1) is 5.92 Å². The van der Waals surface area contributed by atoms with Gasteiger partial charge in [-0.25, -0.2) is 0 Å². The van der Waals surface area contributed by atoms with Crippen LogP contribution in [0.3, 0.4) is 0 Å². The average Bonchev–Trinajstić information content (AvgIpc) is 2.72. The number of carboxylic acids is 1. The van der Waals surface area contributed by atoms with E-state index in [1.54, 1.807) is 0 Å². The van der Waals surface area contributed by atoms with Crippen LogP contribution in [0.1, 0.15) is 149 Å². The molecule has 196 valence electrons. The number of benzene rings is 1. The number of carboxylic acid groups (broad SMARTS) is 1. The Morgan fingerprint density at radius 1 is 0.735 bits per heavy atom. The van der Waals surface area contributed by atoms with Gasteiger partial charge >= 0.3 is 5.97 Å². The summed E-state index contributed by atoms with van der Waals surface area (Å²) < 4.78 is 0. The van der Waals surface area contributed by atoms with Gasteiger partial charge in [0.05, 0.1) is 5.92 Å². The zero-order chi connectivity index (χ0) is 25.8.